The maximum atomic E-state index is 5.57. The van der Waals surface area contributed by atoms with E-state index in [0.717, 1.165) is 10.4 Å². The zero-order chi connectivity index (χ0) is 11.5. The van der Waals surface area contributed by atoms with Gasteiger partial charge in [-0.3, -0.25) is 0 Å². The minimum absolute atomic E-state index is 0.100. The molecule has 1 aromatic carbocycles. The summed E-state index contributed by atoms with van der Waals surface area (Å²) in [5.41, 5.74) is 1.20. The van der Waals surface area contributed by atoms with Crippen LogP contribution in [0.2, 0.25) is 0 Å². The second-order valence-corrected chi connectivity index (χ2v) is 5.44. The molecule has 0 saturated heterocycles. The first-order chi connectivity index (χ1) is 7.70. The first-order valence-electron chi connectivity index (χ1n) is 4.88. The Bertz CT molecular complexity index is 466. The van der Waals surface area contributed by atoms with Crippen LogP contribution < -0.4 is 5.32 Å². The predicted molar refractivity (Wildman–Crippen MR) is 76.5 cm³/mol. The third kappa shape index (κ3) is 2.67. The van der Waals surface area contributed by atoms with E-state index in [-0.39, 0.29) is 6.04 Å². The molecule has 1 heterocycles. The first kappa shape index (κ1) is 12.1. The van der Waals surface area contributed by atoms with Gasteiger partial charge in [-0.05, 0) is 75.4 Å². The van der Waals surface area contributed by atoms with Crippen molar-refractivity contribution in [2.75, 3.05) is 7.05 Å². The second-order valence-electron chi connectivity index (χ2n) is 3.42. The number of benzene rings is 1. The summed E-state index contributed by atoms with van der Waals surface area (Å²) in [7, 11) is 1.93. The Morgan fingerprint density at radius 2 is 1.88 bits per heavy atom. The molecular weight excluding hydrogens is 381 g/mol. The third-order valence-electron chi connectivity index (χ3n) is 2.37. The monoisotopic (exact) mass is 391 g/mol. The highest BCUT2D eigenvalue weighted by Crippen LogP contribution is 2.26. The molecule has 0 fully saturated rings. The van der Waals surface area contributed by atoms with E-state index < -0.39 is 0 Å². The molecule has 0 amide bonds. The molecule has 1 aromatic heterocycles. The lowest BCUT2D eigenvalue weighted by Gasteiger charge is -2.13. The molecule has 0 spiro atoms. The average molecular weight is 392 g/mol. The van der Waals surface area contributed by atoms with Gasteiger partial charge in [0.15, 0.2) is 4.67 Å². The zero-order valence-electron chi connectivity index (χ0n) is 8.71. The van der Waals surface area contributed by atoms with Crippen molar-refractivity contribution in [2.45, 2.75) is 6.04 Å². The summed E-state index contributed by atoms with van der Waals surface area (Å²) in [6, 6.07) is 12.4. The van der Waals surface area contributed by atoms with Crippen LogP contribution in [0.3, 0.4) is 0 Å². The molecule has 84 valence electrons. The Balaban J connectivity index is 2.32. The average Bonchev–Trinajstić information content (AvgIpc) is 2.69. The van der Waals surface area contributed by atoms with E-state index in [1.54, 1.807) is 0 Å². The van der Waals surface area contributed by atoms with Gasteiger partial charge in [0.1, 0.15) is 5.76 Å². The summed E-state index contributed by atoms with van der Waals surface area (Å²) >= 11 is 5.62. The van der Waals surface area contributed by atoms with Crippen LogP contribution >= 0.6 is 38.5 Å². The van der Waals surface area contributed by atoms with Crippen molar-refractivity contribution in [3.63, 3.8) is 0 Å². The van der Waals surface area contributed by atoms with Crippen molar-refractivity contribution < 1.29 is 4.42 Å². The minimum atomic E-state index is 0.100. The molecule has 0 aliphatic carbocycles. The maximum Gasteiger partial charge on any atom is 0.169 e. The molecule has 2 rings (SSSR count). The van der Waals surface area contributed by atoms with Crippen molar-refractivity contribution in [1.82, 2.24) is 5.32 Å². The summed E-state index contributed by atoms with van der Waals surface area (Å²) in [5, 5.41) is 3.25. The van der Waals surface area contributed by atoms with E-state index in [1.807, 2.05) is 19.2 Å². The molecule has 0 radical (unpaired) electrons. The summed E-state index contributed by atoms with van der Waals surface area (Å²) in [5.74, 6) is 0.913. The number of rotatable bonds is 3. The fourth-order valence-electron chi connectivity index (χ4n) is 1.61. The van der Waals surface area contributed by atoms with Crippen LogP contribution in [0.15, 0.2) is 45.5 Å². The fourth-order valence-corrected chi connectivity index (χ4v) is 2.29. The van der Waals surface area contributed by atoms with Crippen LogP contribution in [0.4, 0.5) is 0 Å². The standard InChI is InChI=1S/C12H11BrINO/c1-15-12(10-6-7-11(13)16-10)8-2-4-9(14)5-3-8/h2-7,12,15H,1H3. The van der Waals surface area contributed by atoms with Crippen molar-refractivity contribution in [2.24, 2.45) is 0 Å². The topological polar surface area (TPSA) is 25.2 Å². The molecule has 16 heavy (non-hydrogen) atoms. The Morgan fingerprint density at radius 3 is 2.38 bits per heavy atom. The Kier molecular flexibility index (Phi) is 4.05. The van der Waals surface area contributed by atoms with Gasteiger partial charge in [-0.1, -0.05) is 12.1 Å². The van der Waals surface area contributed by atoms with Gasteiger partial charge in [-0.2, -0.15) is 0 Å². The SMILES string of the molecule is CNC(c1ccc(I)cc1)c1ccc(Br)o1. The molecule has 0 bridgehead atoms. The number of furan rings is 1. The number of hydrogen-bond donors (Lipinski definition) is 1. The second kappa shape index (κ2) is 5.33. The van der Waals surface area contributed by atoms with Crippen molar-refractivity contribution in [1.29, 1.82) is 0 Å². The quantitative estimate of drug-likeness (QED) is 0.801. The molecule has 1 N–H and O–H groups in total. The molecule has 2 nitrogen and oxygen atoms in total. The lowest BCUT2D eigenvalue weighted by atomic mass is 10.1. The fraction of sp³-hybridized carbons (Fsp3) is 0.167. The van der Waals surface area contributed by atoms with Crippen molar-refractivity contribution in [3.05, 3.63) is 56.0 Å². The van der Waals surface area contributed by atoms with Crippen molar-refractivity contribution >= 4 is 38.5 Å². The van der Waals surface area contributed by atoms with E-state index in [2.05, 4.69) is 68.1 Å². The number of hydrogen-bond acceptors (Lipinski definition) is 2. The highest BCUT2D eigenvalue weighted by molar-refractivity contribution is 14.1. The molecule has 0 aliphatic heterocycles. The van der Waals surface area contributed by atoms with Crippen LogP contribution in [-0.2, 0) is 0 Å². The van der Waals surface area contributed by atoms with Gasteiger partial charge in [0.2, 0.25) is 0 Å². The van der Waals surface area contributed by atoms with Crippen molar-refractivity contribution in [3.8, 4) is 0 Å². The summed E-state index contributed by atoms with van der Waals surface area (Å²) in [6.45, 7) is 0. The normalized spacial score (nSPS) is 12.7. The summed E-state index contributed by atoms with van der Waals surface area (Å²) in [4.78, 5) is 0. The van der Waals surface area contributed by atoms with Crippen LogP contribution in [0, 0.1) is 3.57 Å². The Labute approximate surface area is 117 Å². The van der Waals surface area contributed by atoms with Gasteiger partial charge in [0.25, 0.3) is 0 Å². The molecule has 0 aliphatic rings. The highest BCUT2D eigenvalue weighted by Gasteiger charge is 2.15. The third-order valence-corrected chi connectivity index (χ3v) is 3.52. The largest absolute Gasteiger partial charge is 0.452 e. The molecule has 0 saturated carbocycles. The van der Waals surface area contributed by atoms with Gasteiger partial charge in [-0.25, -0.2) is 0 Å². The van der Waals surface area contributed by atoms with Gasteiger partial charge < -0.3 is 9.73 Å². The maximum absolute atomic E-state index is 5.57. The van der Waals surface area contributed by atoms with Crippen LogP contribution in [0.25, 0.3) is 0 Å². The van der Waals surface area contributed by atoms with Crippen LogP contribution in [0.1, 0.15) is 17.4 Å². The van der Waals surface area contributed by atoms with E-state index in [4.69, 9.17) is 4.42 Å². The van der Waals surface area contributed by atoms with E-state index in [0.29, 0.717) is 0 Å². The van der Waals surface area contributed by atoms with E-state index in [9.17, 15) is 0 Å². The predicted octanol–water partition coefficient (Wildman–Crippen LogP) is 3.96. The summed E-state index contributed by atoms with van der Waals surface area (Å²) < 4.78 is 7.56. The van der Waals surface area contributed by atoms with E-state index >= 15 is 0 Å². The van der Waals surface area contributed by atoms with Crippen LogP contribution in [0.5, 0.6) is 0 Å². The lowest BCUT2D eigenvalue weighted by Crippen LogP contribution is -2.16. The minimum Gasteiger partial charge on any atom is -0.452 e. The molecule has 2 aromatic rings. The smallest absolute Gasteiger partial charge is 0.169 e. The Hall–Kier alpha value is -0.330. The van der Waals surface area contributed by atoms with Gasteiger partial charge in [-0.15, -0.1) is 0 Å². The van der Waals surface area contributed by atoms with Gasteiger partial charge in [0.05, 0.1) is 6.04 Å². The number of nitrogens with one attached hydrogen (secondary N) is 1. The Morgan fingerprint density at radius 1 is 1.19 bits per heavy atom. The first-order valence-corrected chi connectivity index (χ1v) is 6.76. The molecule has 1 unspecified atom stereocenters. The summed E-state index contributed by atoms with van der Waals surface area (Å²) in [6.07, 6.45) is 0. The molecule has 1 atom stereocenters. The molecular formula is C12H11BrINO. The highest BCUT2D eigenvalue weighted by atomic mass is 127. The molecule has 4 heteroatoms. The number of halogens is 2. The zero-order valence-corrected chi connectivity index (χ0v) is 12.4. The van der Waals surface area contributed by atoms with Gasteiger partial charge >= 0.3 is 0 Å². The van der Waals surface area contributed by atoms with E-state index in [1.165, 1.54) is 9.13 Å². The van der Waals surface area contributed by atoms with Crippen LogP contribution in [-0.4, -0.2) is 7.05 Å². The van der Waals surface area contributed by atoms with Gasteiger partial charge in [0, 0.05) is 3.57 Å². The lowest BCUT2D eigenvalue weighted by molar-refractivity contribution is 0.447.